The molecule has 8 heteroatoms. The van der Waals surface area contributed by atoms with Gasteiger partial charge in [0.15, 0.2) is 5.96 Å². The average Bonchev–Trinajstić information content (AvgIpc) is 3.36. The van der Waals surface area contributed by atoms with Crippen LogP contribution in [0.4, 0.5) is 4.39 Å². The van der Waals surface area contributed by atoms with Crippen molar-refractivity contribution in [3.63, 3.8) is 0 Å². The zero-order valence-electron chi connectivity index (χ0n) is 17.3. The second kappa shape index (κ2) is 10.4. The van der Waals surface area contributed by atoms with Crippen LogP contribution in [0.1, 0.15) is 17.0 Å². The summed E-state index contributed by atoms with van der Waals surface area (Å²) in [5.74, 6) is 1.76. The number of aromatic nitrogens is 1. The van der Waals surface area contributed by atoms with Gasteiger partial charge >= 0.3 is 0 Å². The molecular weight excluding hydrogens is 510 g/mol. The van der Waals surface area contributed by atoms with E-state index in [4.69, 9.17) is 8.83 Å². The molecule has 0 fully saturated rings. The number of fused-ring (bicyclic) bond motifs is 1. The monoisotopic (exact) mass is 534 g/mol. The first kappa shape index (κ1) is 22.8. The molecule has 0 bridgehead atoms. The molecule has 0 radical (unpaired) electrons. The summed E-state index contributed by atoms with van der Waals surface area (Å²) in [5, 5.41) is 7.66. The number of hydrogen-bond donors (Lipinski definition) is 2. The predicted octanol–water partition coefficient (Wildman–Crippen LogP) is 5.06. The van der Waals surface area contributed by atoms with Gasteiger partial charge < -0.3 is 19.5 Å². The number of nitrogens with one attached hydrogen (secondary N) is 2. The molecule has 162 valence electrons. The smallest absolute Gasteiger partial charge is 0.226 e. The molecule has 31 heavy (non-hydrogen) atoms. The molecule has 2 heterocycles. The molecule has 0 saturated carbocycles. The number of aryl methyl sites for hydroxylation is 1. The number of rotatable bonds is 6. The van der Waals surface area contributed by atoms with Crippen molar-refractivity contribution in [3.05, 3.63) is 77.6 Å². The molecule has 0 aliphatic heterocycles. The number of benzene rings is 2. The fraction of sp³-hybridized carbons (Fsp3) is 0.217. The molecule has 0 saturated heterocycles. The van der Waals surface area contributed by atoms with Crippen LogP contribution in [-0.2, 0) is 13.0 Å². The quantitative estimate of drug-likeness (QED) is 0.206. The van der Waals surface area contributed by atoms with Gasteiger partial charge in [-0.3, -0.25) is 4.99 Å². The summed E-state index contributed by atoms with van der Waals surface area (Å²) >= 11 is 0. The first-order valence-electron chi connectivity index (χ1n) is 9.76. The maximum absolute atomic E-state index is 13.0. The minimum absolute atomic E-state index is 0. The number of hydrogen-bond acceptors (Lipinski definition) is 4. The number of furan rings is 1. The summed E-state index contributed by atoms with van der Waals surface area (Å²) in [6, 6.07) is 14.1. The molecule has 0 atom stereocenters. The van der Waals surface area contributed by atoms with Gasteiger partial charge in [0.25, 0.3) is 0 Å². The van der Waals surface area contributed by atoms with Crippen LogP contribution in [0, 0.1) is 12.7 Å². The van der Waals surface area contributed by atoms with Gasteiger partial charge in [-0.1, -0.05) is 18.2 Å². The molecule has 4 rings (SSSR count). The van der Waals surface area contributed by atoms with E-state index >= 15 is 0 Å². The first-order valence-corrected chi connectivity index (χ1v) is 9.76. The van der Waals surface area contributed by atoms with Crippen LogP contribution in [0.25, 0.3) is 22.4 Å². The highest BCUT2D eigenvalue weighted by atomic mass is 127. The topological polar surface area (TPSA) is 75.6 Å². The van der Waals surface area contributed by atoms with E-state index in [1.165, 1.54) is 12.1 Å². The maximum Gasteiger partial charge on any atom is 0.226 e. The summed E-state index contributed by atoms with van der Waals surface area (Å²) < 4.78 is 24.5. The minimum Gasteiger partial charge on any atom is -0.459 e. The van der Waals surface area contributed by atoms with Crippen LogP contribution in [0.5, 0.6) is 0 Å². The van der Waals surface area contributed by atoms with Crippen LogP contribution < -0.4 is 10.6 Å². The molecule has 2 N–H and O–H groups in total. The molecular formula is C23H24FIN4O2. The highest BCUT2D eigenvalue weighted by Crippen LogP contribution is 2.24. The predicted molar refractivity (Wildman–Crippen MR) is 130 cm³/mol. The summed E-state index contributed by atoms with van der Waals surface area (Å²) in [5.41, 5.74) is 3.57. The molecule has 0 amide bonds. The van der Waals surface area contributed by atoms with Crippen LogP contribution in [0.2, 0.25) is 0 Å². The Hall–Kier alpha value is -2.88. The van der Waals surface area contributed by atoms with Crippen molar-refractivity contribution in [1.29, 1.82) is 0 Å². The Morgan fingerprint density at radius 2 is 1.87 bits per heavy atom. The van der Waals surface area contributed by atoms with Gasteiger partial charge in [-0.25, -0.2) is 9.37 Å². The van der Waals surface area contributed by atoms with Gasteiger partial charge in [-0.15, -0.1) is 24.0 Å². The molecule has 0 aliphatic carbocycles. The van der Waals surface area contributed by atoms with Gasteiger partial charge in [0.05, 0.1) is 12.2 Å². The third kappa shape index (κ3) is 5.43. The Balaban J connectivity index is 0.00000272. The molecule has 4 aromatic rings. The summed E-state index contributed by atoms with van der Waals surface area (Å²) in [6.07, 6.45) is 2.28. The van der Waals surface area contributed by atoms with Crippen molar-refractivity contribution in [2.75, 3.05) is 13.6 Å². The van der Waals surface area contributed by atoms with E-state index in [1.54, 1.807) is 25.4 Å². The lowest BCUT2D eigenvalue weighted by Crippen LogP contribution is -2.37. The van der Waals surface area contributed by atoms with E-state index in [0.29, 0.717) is 31.4 Å². The van der Waals surface area contributed by atoms with Crippen LogP contribution in [0.3, 0.4) is 0 Å². The zero-order chi connectivity index (χ0) is 20.9. The van der Waals surface area contributed by atoms with Crippen molar-refractivity contribution in [3.8, 4) is 11.5 Å². The number of halogens is 2. The van der Waals surface area contributed by atoms with Crippen molar-refractivity contribution in [1.82, 2.24) is 15.6 Å². The van der Waals surface area contributed by atoms with E-state index < -0.39 is 0 Å². The molecule has 0 unspecified atom stereocenters. The van der Waals surface area contributed by atoms with Crippen molar-refractivity contribution in [2.24, 2.45) is 4.99 Å². The summed E-state index contributed by atoms with van der Waals surface area (Å²) in [7, 11) is 1.73. The molecule has 0 aliphatic rings. The molecule has 0 spiro atoms. The average molecular weight is 534 g/mol. The zero-order valence-corrected chi connectivity index (χ0v) is 19.6. The maximum atomic E-state index is 13.0. The van der Waals surface area contributed by atoms with E-state index in [2.05, 4.69) is 33.6 Å². The number of oxazole rings is 1. The van der Waals surface area contributed by atoms with Gasteiger partial charge in [0.1, 0.15) is 23.4 Å². The second-order valence-electron chi connectivity index (χ2n) is 6.90. The number of para-hydroxylation sites is 1. The Morgan fingerprint density at radius 3 is 2.61 bits per heavy atom. The number of guanidine groups is 1. The first-order chi connectivity index (χ1) is 14.6. The van der Waals surface area contributed by atoms with Crippen molar-refractivity contribution >= 4 is 40.9 Å². The fourth-order valence-corrected chi connectivity index (χ4v) is 3.23. The van der Waals surface area contributed by atoms with E-state index in [1.807, 2.05) is 18.2 Å². The van der Waals surface area contributed by atoms with Crippen LogP contribution >= 0.6 is 24.0 Å². The summed E-state index contributed by atoms with van der Waals surface area (Å²) in [6.45, 7) is 3.23. The fourth-order valence-electron chi connectivity index (χ4n) is 3.23. The van der Waals surface area contributed by atoms with Gasteiger partial charge in [0, 0.05) is 36.5 Å². The number of nitrogens with zero attached hydrogens (tertiary/aromatic N) is 2. The largest absolute Gasteiger partial charge is 0.459 e. The second-order valence-corrected chi connectivity index (χ2v) is 6.90. The highest BCUT2D eigenvalue weighted by Gasteiger charge is 2.11. The Bertz CT molecular complexity index is 1170. The van der Waals surface area contributed by atoms with Crippen molar-refractivity contribution < 1.29 is 13.2 Å². The van der Waals surface area contributed by atoms with Gasteiger partial charge in [-0.2, -0.15) is 0 Å². The van der Waals surface area contributed by atoms with Crippen molar-refractivity contribution in [2.45, 2.75) is 19.9 Å². The van der Waals surface area contributed by atoms with Crippen LogP contribution in [0.15, 0.2) is 68.6 Å². The third-order valence-corrected chi connectivity index (χ3v) is 4.90. The normalized spacial score (nSPS) is 11.4. The third-order valence-electron chi connectivity index (χ3n) is 4.90. The van der Waals surface area contributed by atoms with Gasteiger partial charge in [-0.05, 0) is 37.3 Å². The standard InChI is InChI=1S/C23H23FN4O2.HI/c1-15-19-5-3-4-6-20(19)30-21(15)13-27-23(25-2)26-12-11-18-14-29-22(28-18)16-7-9-17(24)10-8-16;/h3-10,14H,11-13H2,1-2H3,(H2,25,26,27);1H. The Morgan fingerprint density at radius 1 is 1.10 bits per heavy atom. The Labute approximate surface area is 197 Å². The lowest BCUT2D eigenvalue weighted by atomic mass is 10.1. The highest BCUT2D eigenvalue weighted by molar-refractivity contribution is 14.0. The van der Waals surface area contributed by atoms with Gasteiger partial charge in [0.2, 0.25) is 5.89 Å². The molecule has 2 aromatic heterocycles. The lowest BCUT2D eigenvalue weighted by molar-refractivity contribution is 0.534. The Kier molecular flexibility index (Phi) is 7.67. The number of aliphatic imine (C=N–C) groups is 1. The van der Waals surface area contributed by atoms with E-state index in [0.717, 1.165) is 33.6 Å². The minimum atomic E-state index is -0.286. The van der Waals surface area contributed by atoms with E-state index in [9.17, 15) is 4.39 Å². The van der Waals surface area contributed by atoms with E-state index in [-0.39, 0.29) is 29.8 Å². The molecule has 6 nitrogen and oxygen atoms in total. The SMILES string of the molecule is CN=C(NCCc1coc(-c2ccc(F)cc2)n1)NCc1oc2ccccc2c1C.I. The van der Waals surface area contributed by atoms with Crippen LogP contribution in [-0.4, -0.2) is 24.5 Å². The molecule has 2 aromatic carbocycles. The summed E-state index contributed by atoms with van der Waals surface area (Å²) in [4.78, 5) is 8.71. The lowest BCUT2D eigenvalue weighted by Gasteiger charge is -2.10.